The lowest BCUT2D eigenvalue weighted by molar-refractivity contribution is -0.0725. The van der Waals surface area contributed by atoms with Gasteiger partial charge in [0.2, 0.25) is 0 Å². The normalized spacial score (nSPS) is 25.6. The zero-order chi connectivity index (χ0) is 21.3. The van der Waals surface area contributed by atoms with Crippen LogP contribution in [0.25, 0.3) is 10.9 Å². The van der Waals surface area contributed by atoms with E-state index in [0.717, 1.165) is 39.0 Å². The van der Waals surface area contributed by atoms with E-state index >= 15 is 0 Å². The van der Waals surface area contributed by atoms with Crippen LogP contribution in [0.5, 0.6) is 0 Å². The summed E-state index contributed by atoms with van der Waals surface area (Å²) in [5.74, 6) is 0.194. The van der Waals surface area contributed by atoms with Crippen LogP contribution in [0.3, 0.4) is 0 Å². The molecule has 3 atom stereocenters. The number of rotatable bonds is 5. The van der Waals surface area contributed by atoms with E-state index < -0.39 is 5.97 Å². The number of hydrogen-bond acceptors (Lipinski definition) is 7. The van der Waals surface area contributed by atoms with Crippen LogP contribution >= 0.6 is 0 Å². The molecular weight excluding hydrogens is 384 g/mol. The van der Waals surface area contributed by atoms with E-state index in [1.165, 1.54) is 7.11 Å². The van der Waals surface area contributed by atoms with E-state index in [9.17, 15) is 9.59 Å². The number of carbonyl (C=O) groups is 1. The van der Waals surface area contributed by atoms with Crippen molar-refractivity contribution in [3.63, 3.8) is 0 Å². The zero-order valence-electron chi connectivity index (χ0n) is 17.9. The maximum atomic E-state index is 12.5. The number of esters is 1. The molecule has 1 N–H and O–H groups in total. The molecule has 3 unspecified atom stereocenters. The van der Waals surface area contributed by atoms with Gasteiger partial charge in [0.05, 0.1) is 42.3 Å². The number of aromatic nitrogens is 2. The fourth-order valence-corrected chi connectivity index (χ4v) is 4.74. The Kier molecular flexibility index (Phi) is 6.17. The number of nitrogens with zero attached hydrogens (tertiary/aromatic N) is 3. The average molecular weight is 415 g/mol. The number of nitrogens with one attached hydrogen (secondary N) is 1. The standard InChI is InChI=1S/C22H30N4O4/c1-14-10-25(11-15(2)30-14)12-17-5-4-8-26(17)13-20-23-19-9-16(22(28)29-3)6-7-18(19)21(27)24-20/h6-7,9,14-15,17H,4-5,8,10-13H2,1-3H3,(H,23,24,27). The van der Waals surface area contributed by atoms with Gasteiger partial charge in [-0.2, -0.15) is 0 Å². The molecule has 3 heterocycles. The molecule has 1 aromatic heterocycles. The summed E-state index contributed by atoms with van der Waals surface area (Å²) < 4.78 is 10.6. The minimum absolute atomic E-state index is 0.182. The van der Waals surface area contributed by atoms with E-state index in [1.807, 2.05) is 0 Å². The van der Waals surface area contributed by atoms with Crippen LogP contribution in [0.1, 0.15) is 42.9 Å². The Labute approximate surface area is 176 Å². The predicted octanol–water partition coefficient (Wildman–Crippen LogP) is 1.78. The van der Waals surface area contributed by atoms with Gasteiger partial charge in [-0.25, -0.2) is 9.78 Å². The lowest BCUT2D eigenvalue weighted by atomic mass is 10.1. The second kappa shape index (κ2) is 8.83. The molecule has 2 saturated heterocycles. The molecule has 0 bridgehead atoms. The molecule has 2 aliphatic rings. The second-order valence-electron chi connectivity index (χ2n) is 8.48. The molecule has 2 fully saturated rings. The highest BCUT2D eigenvalue weighted by molar-refractivity contribution is 5.93. The number of methoxy groups -OCH3 is 1. The molecule has 1 aromatic carbocycles. The van der Waals surface area contributed by atoms with Gasteiger partial charge in [0.15, 0.2) is 0 Å². The fourth-order valence-electron chi connectivity index (χ4n) is 4.74. The van der Waals surface area contributed by atoms with E-state index in [0.29, 0.717) is 34.9 Å². The molecule has 8 nitrogen and oxygen atoms in total. The highest BCUT2D eigenvalue weighted by atomic mass is 16.5. The summed E-state index contributed by atoms with van der Waals surface area (Å²) in [4.78, 5) is 36.8. The number of morpholine rings is 1. The summed E-state index contributed by atoms with van der Waals surface area (Å²) in [6.07, 6.45) is 2.80. The van der Waals surface area contributed by atoms with Gasteiger partial charge < -0.3 is 14.5 Å². The summed E-state index contributed by atoms with van der Waals surface area (Å²) in [5.41, 5.74) is 0.727. The van der Waals surface area contributed by atoms with Crippen LogP contribution in [-0.4, -0.2) is 77.3 Å². The number of ether oxygens (including phenoxy) is 2. The molecule has 0 saturated carbocycles. The van der Waals surface area contributed by atoms with Crippen LogP contribution < -0.4 is 5.56 Å². The first kappa shape index (κ1) is 21.0. The predicted molar refractivity (Wildman–Crippen MR) is 114 cm³/mol. The van der Waals surface area contributed by atoms with E-state index in [2.05, 4.69) is 33.6 Å². The van der Waals surface area contributed by atoms with Gasteiger partial charge >= 0.3 is 5.97 Å². The molecule has 30 heavy (non-hydrogen) atoms. The topological polar surface area (TPSA) is 87.8 Å². The SMILES string of the molecule is COC(=O)c1ccc2c(=O)[nH]c(CN3CCCC3CN3CC(C)OC(C)C3)nc2c1. The molecule has 162 valence electrons. The molecule has 0 aliphatic carbocycles. The van der Waals surface area contributed by atoms with E-state index in [-0.39, 0.29) is 17.8 Å². The molecule has 0 spiro atoms. The van der Waals surface area contributed by atoms with Crippen molar-refractivity contribution in [3.8, 4) is 0 Å². The smallest absolute Gasteiger partial charge is 0.337 e. The summed E-state index contributed by atoms with van der Waals surface area (Å²) >= 11 is 0. The third-order valence-corrected chi connectivity index (χ3v) is 5.99. The third kappa shape index (κ3) is 4.55. The molecule has 2 aromatic rings. The minimum atomic E-state index is -0.436. The van der Waals surface area contributed by atoms with Gasteiger partial charge in [0, 0.05) is 25.7 Å². The fraction of sp³-hybridized carbons (Fsp3) is 0.591. The number of hydrogen-bond donors (Lipinski definition) is 1. The number of aromatic amines is 1. The summed E-state index contributed by atoms with van der Waals surface area (Å²) in [6.45, 7) is 8.75. The number of H-pyrrole nitrogens is 1. The quantitative estimate of drug-likeness (QED) is 0.746. The summed E-state index contributed by atoms with van der Waals surface area (Å²) in [7, 11) is 1.34. The van der Waals surface area contributed by atoms with Crippen molar-refractivity contribution in [2.45, 2.75) is 51.5 Å². The zero-order valence-corrected chi connectivity index (χ0v) is 17.9. The highest BCUT2D eigenvalue weighted by Crippen LogP contribution is 2.22. The minimum Gasteiger partial charge on any atom is -0.465 e. The maximum Gasteiger partial charge on any atom is 0.337 e. The summed E-state index contributed by atoms with van der Waals surface area (Å²) in [5, 5.41) is 0.473. The van der Waals surface area contributed by atoms with Crippen molar-refractivity contribution in [1.29, 1.82) is 0 Å². The third-order valence-electron chi connectivity index (χ3n) is 5.99. The van der Waals surface area contributed by atoms with E-state index in [1.54, 1.807) is 18.2 Å². The van der Waals surface area contributed by atoms with E-state index in [4.69, 9.17) is 9.47 Å². The van der Waals surface area contributed by atoms with Gasteiger partial charge in [-0.3, -0.25) is 14.6 Å². The van der Waals surface area contributed by atoms with Crippen molar-refractivity contribution in [2.24, 2.45) is 0 Å². The summed E-state index contributed by atoms with van der Waals surface area (Å²) in [6, 6.07) is 5.27. The van der Waals surface area contributed by atoms with Gasteiger partial charge in [0.25, 0.3) is 5.56 Å². The molecule has 8 heteroatoms. The van der Waals surface area contributed by atoms with Crippen LogP contribution in [0.15, 0.2) is 23.0 Å². The maximum absolute atomic E-state index is 12.5. The molecule has 4 rings (SSSR count). The van der Waals surface area contributed by atoms with Gasteiger partial charge in [-0.1, -0.05) is 0 Å². The van der Waals surface area contributed by atoms with Gasteiger partial charge in [-0.05, 0) is 51.4 Å². The first-order chi connectivity index (χ1) is 14.4. The van der Waals surface area contributed by atoms with Crippen molar-refractivity contribution in [2.75, 3.05) is 33.3 Å². The van der Waals surface area contributed by atoms with Crippen molar-refractivity contribution in [3.05, 3.63) is 39.9 Å². The Hall–Kier alpha value is -2.29. The number of fused-ring (bicyclic) bond motifs is 1. The van der Waals surface area contributed by atoms with Crippen molar-refractivity contribution in [1.82, 2.24) is 19.8 Å². The Morgan fingerprint density at radius 3 is 2.80 bits per heavy atom. The lowest BCUT2D eigenvalue weighted by Gasteiger charge is -2.38. The Balaban J connectivity index is 1.51. The van der Waals surface area contributed by atoms with Crippen LogP contribution in [0.4, 0.5) is 0 Å². The van der Waals surface area contributed by atoms with Gasteiger partial charge in [-0.15, -0.1) is 0 Å². The first-order valence-corrected chi connectivity index (χ1v) is 10.7. The van der Waals surface area contributed by atoms with Gasteiger partial charge in [0.1, 0.15) is 5.82 Å². The highest BCUT2D eigenvalue weighted by Gasteiger charge is 2.30. The number of likely N-dealkylation sites (tertiary alicyclic amines) is 1. The van der Waals surface area contributed by atoms with Crippen molar-refractivity contribution >= 4 is 16.9 Å². The largest absolute Gasteiger partial charge is 0.465 e. The van der Waals surface area contributed by atoms with Crippen molar-refractivity contribution < 1.29 is 14.3 Å². The van der Waals surface area contributed by atoms with Crippen LogP contribution in [0, 0.1) is 0 Å². The average Bonchev–Trinajstić information content (AvgIpc) is 3.12. The molecular formula is C22H30N4O4. The first-order valence-electron chi connectivity index (χ1n) is 10.7. The Bertz CT molecular complexity index is 965. The molecule has 2 aliphatic heterocycles. The van der Waals surface area contributed by atoms with Crippen LogP contribution in [0.2, 0.25) is 0 Å². The Morgan fingerprint density at radius 2 is 2.07 bits per heavy atom. The Morgan fingerprint density at radius 1 is 1.30 bits per heavy atom. The number of benzene rings is 1. The van der Waals surface area contributed by atoms with Crippen LogP contribution in [-0.2, 0) is 16.0 Å². The number of carbonyl (C=O) groups excluding carboxylic acids is 1. The second-order valence-corrected chi connectivity index (χ2v) is 8.48. The molecule has 0 radical (unpaired) electrons. The molecule has 0 amide bonds. The lowest BCUT2D eigenvalue weighted by Crippen LogP contribution is -2.50. The monoisotopic (exact) mass is 414 g/mol.